The summed E-state index contributed by atoms with van der Waals surface area (Å²) in [6.07, 6.45) is 9.10. The second-order valence-electron chi connectivity index (χ2n) is 12.5. The number of likely N-dealkylation sites (tertiary alicyclic amines) is 1. The van der Waals surface area contributed by atoms with Crippen molar-refractivity contribution in [2.24, 2.45) is 5.92 Å². The van der Waals surface area contributed by atoms with Gasteiger partial charge >= 0.3 is 6.09 Å². The quantitative estimate of drug-likeness (QED) is 0.231. The van der Waals surface area contributed by atoms with E-state index in [0.29, 0.717) is 30.4 Å². The predicted octanol–water partition coefficient (Wildman–Crippen LogP) is 7.38. The van der Waals surface area contributed by atoms with Crippen molar-refractivity contribution in [2.75, 3.05) is 29.4 Å². The van der Waals surface area contributed by atoms with Crippen LogP contribution in [0.15, 0.2) is 66.7 Å². The Labute approximate surface area is 261 Å². The molecule has 0 radical (unpaired) electrons. The SMILES string of the molecule is CCCCOc1cc2c(cc1Nc1ccccc1NS(C)(=O)=O)C[C@H]1[C@H]3CCCC[C@@]23CCN1C(=O)OCc1ccccc1. The molecule has 3 atom stereocenters. The Morgan fingerprint density at radius 3 is 2.55 bits per heavy atom. The number of piperidine rings is 1. The van der Waals surface area contributed by atoms with Crippen molar-refractivity contribution in [1.29, 1.82) is 0 Å². The number of hydrogen-bond donors (Lipinski definition) is 2. The third kappa shape index (κ3) is 6.25. The number of hydrogen-bond acceptors (Lipinski definition) is 6. The number of fused-ring (bicyclic) bond motifs is 1. The van der Waals surface area contributed by atoms with E-state index in [1.807, 2.05) is 47.4 Å². The lowest BCUT2D eigenvalue weighted by molar-refractivity contribution is -0.0137. The summed E-state index contributed by atoms with van der Waals surface area (Å²) in [5.74, 6) is 1.16. The zero-order valence-corrected chi connectivity index (χ0v) is 26.5. The fourth-order valence-corrected chi connectivity index (χ4v) is 8.22. The number of unbranched alkanes of at least 4 members (excludes halogenated alkanes) is 1. The first kappa shape index (κ1) is 30.3. The molecule has 2 aliphatic carbocycles. The van der Waals surface area contributed by atoms with Crippen LogP contribution in [0.1, 0.15) is 68.6 Å². The monoisotopic (exact) mass is 617 g/mol. The predicted molar refractivity (Wildman–Crippen MR) is 174 cm³/mol. The van der Waals surface area contributed by atoms with Gasteiger partial charge in [-0.25, -0.2) is 13.2 Å². The van der Waals surface area contributed by atoms with Crippen LogP contribution in [-0.4, -0.2) is 44.9 Å². The minimum absolute atomic E-state index is 0.00383. The maximum absolute atomic E-state index is 13.5. The van der Waals surface area contributed by atoms with Gasteiger partial charge in [0.1, 0.15) is 12.4 Å². The fraction of sp³-hybridized carbons (Fsp3) is 0.457. The highest BCUT2D eigenvalue weighted by Crippen LogP contribution is 2.57. The summed E-state index contributed by atoms with van der Waals surface area (Å²) in [5.41, 5.74) is 5.48. The first-order valence-electron chi connectivity index (χ1n) is 15.9. The van der Waals surface area contributed by atoms with E-state index in [-0.39, 0.29) is 24.2 Å². The molecule has 1 saturated carbocycles. The molecule has 1 saturated heterocycles. The highest BCUT2D eigenvalue weighted by atomic mass is 32.2. The average molecular weight is 618 g/mol. The highest BCUT2D eigenvalue weighted by Gasteiger charge is 2.55. The zero-order valence-electron chi connectivity index (χ0n) is 25.7. The first-order chi connectivity index (χ1) is 21.3. The number of carbonyl (C=O) groups is 1. The maximum Gasteiger partial charge on any atom is 0.410 e. The van der Waals surface area contributed by atoms with E-state index in [0.717, 1.165) is 61.8 Å². The lowest BCUT2D eigenvalue weighted by Crippen LogP contribution is -2.62. The van der Waals surface area contributed by atoms with Gasteiger partial charge in [0.15, 0.2) is 0 Å². The van der Waals surface area contributed by atoms with E-state index in [4.69, 9.17) is 9.47 Å². The first-order valence-corrected chi connectivity index (χ1v) is 17.8. The number of nitrogens with zero attached hydrogens (tertiary/aromatic N) is 1. The number of amides is 1. The topological polar surface area (TPSA) is 97.0 Å². The summed E-state index contributed by atoms with van der Waals surface area (Å²) in [6.45, 7) is 3.70. The van der Waals surface area contributed by atoms with Gasteiger partial charge in [0.2, 0.25) is 10.0 Å². The van der Waals surface area contributed by atoms with Crippen LogP contribution in [0.3, 0.4) is 0 Å². The molecule has 44 heavy (non-hydrogen) atoms. The maximum atomic E-state index is 13.5. The minimum Gasteiger partial charge on any atom is -0.491 e. The lowest BCUT2D eigenvalue weighted by atomic mass is 9.52. The van der Waals surface area contributed by atoms with E-state index in [9.17, 15) is 13.2 Å². The van der Waals surface area contributed by atoms with Gasteiger partial charge in [0.25, 0.3) is 0 Å². The van der Waals surface area contributed by atoms with Crippen LogP contribution in [0, 0.1) is 5.92 Å². The van der Waals surface area contributed by atoms with Crippen LogP contribution in [0.2, 0.25) is 0 Å². The second kappa shape index (κ2) is 12.7. The Bertz CT molecular complexity index is 1600. The van der Waals surface area contributed by atoms with Gasteiger partial charge in [-0.2, -0.15) is 0 Å². The molecule has 0 aromatic heterocycles. The minimum atomic E-state index is -3.47. The molecule has 3 aromatic rings. The third-order valence-corrected chi connectivity index (χ3v) is 10.2. The number of carbonyl (C=O) groups excluding carboxylic acids is 1. The molecular weight excluding hydrogens is 574 g/mol. The van der Waals surface area contributed by atoms with Crippen molar-refractivity contribution in [2.45, 2.75) is 76.4 Å². The van der Waals surface area contributed by atoms with Crippen LogP contribution in [0.25, 0.3) is 0 Å². The normalized spacial score (nSPS) is 22.4. The lowest BCUT2D eigenvalue weighted by Gasteiger charge is -2.58. The van der Waals surface area contributed by atoms with Crippen molar-refractivity contribution in [3.63, 3.8) is 0 Å². The summed E-state index contributed by atoms with van der Waals surface area (Å²) in [6, 6.07) is 21.6. The molecule has 2 bridgehead atoms. The number of nitrogens with one attached hydrogen (secondary N) is 2. The Balaban J connectivity index is 1.35. The molecular formula is C35H43N3O5S. The van der Waals surface area contributed by atoms with E-state index in [2.05, 4.69) is 29.1 Å². The largest absolute Gasteiger partial charge is 0.491 e. The Morgan fingerprint density at radius 1 is 1.00 bits per heavy atom. The number of ether oxygens (including phenoxy) is 2. The highest BCUT2D eigenvalue weighted by molar-refractivity contribution is 7.92. The molecule has 2 fully saturated rings. The molecule has 8 nitrogen and oxygen atoms in total. The molecule has 3 aliphatic rings. The standard InChI is InChI=1S/C35H43N3O5S/c1-3-4-20-42-33-23-28-26(21-31(33)36-29-15-8-9-16-30(29)37-44(2,40)41)22-32-27-14-10-11-17-35(27,28)18-19-38(32)34(39)43-24-25-12-6-5-7-13-25/h5-9,12-13,15-16,21,23,27,32,36-37H,3-4,10-11,14,17-20,22,24H2,1-2H3/t27-,32+,35+/m1/s1. The number of rotatable bonds is 10. The van der Waals surface area contributed by atoms with E-state index < -0.39 is 10.0 Å². The van der Waals surface area contributed by atoms with Gasteiger partial charge in [0.05, 0.1) is 29.9 Å². The van der Waals surface area contributed by atoms with Crippen molar-refractivity contribution >= 4 is 33.2 Å². The molecule has 1 heterocycles. The van der Waals surface area contributed by atoms with Gasteiger partial charge in [-0.15, -0.1) is 0 Å². The van der Waals surface area contributed by atoms with Crippen molar-refractivity contribution in [1.82, 2.24) is 4.90 Å². The Morgan fingerprint density at radius 2 is 1.77 bits per heavy atom. The van der Waals surface area contributed by atoms with Gasteiger partial charge in [-0.1, -0.05) is 68.7 Å². The van der Waals surface area contributed by atoms with Gasteiger partial charge in [0, 0.05) is 18.0 Å². The second-order valence-corrected chi connectivity index (χ2v) is 14.3. The number of benzene rings is 3. The van der Waals surface area contributed by atoms with Gasteiger partial charge < -0.3 is 19.7 Å². The molecule has 9 heteroatoms. The average Bonchev–Trinajstić information content (AvgIpc) is 3.01. The molecule has 0 unspecified atom stereocenters. The Kier molecular flexibility index (Phi) is 8.76. The van der Waals surface area contributed by atoms with E-state index in [1.165, 1.54) is 24.0 Å². The zero-order chi connectivity index (χ0) is 30.7. The van der Waals surface area contributed by atoms with Crippen molar-refractivity contribution < 1.29 is 22.7 Å². The van der Waals surface area contributed by atoms with Crippen LogP contribution in [-0.2, 0) is 33.2 Å². The molecule has 1 amide bonds. The molecule has 3 aromatic carbocycles. The summed E-state index contributed by atoms with van der Waals surface area (Å²) in [4.78, 5) is 15.5. The van der Waals surface area contributed by atoms with E-state index >= 15 is 0 Å². The van der Waals surface area contributed by atoms with Crippen LogP contribution in [0.4, 0.5) is 21.9 Å². The molecule has 234 valence electrons. The van der Waals surface area contributed by atoms with Crippen molar-refractivity contribution in [3.8, 4) is 5.75 Å². The van der Waals surface area contributed by atoms with Gasteiger partial charge in [-0.05, 0) is 79.0 Å². The van der Waals surface area contributed by atoms with E-state index in [1.54, 1.807) is 12.1 Å². The Hall–Kier alpha value is -3.72. The summed E-state index contributed by atoms with van der Waals surface area (Å²) < 4.78 is 39.1. The van der Waals surface area contributed by atoms with Crippen LogP contribution >= 0.6 is 0 Å². The number of sulfonamides is 1. The van der Waals surface area contributed by atoms with Crippen molar-refractivity contribution in [3.05, 3.63) is 83.4 Å². The molecule has 6 rings (SSSR count). The van der Waals surface area contributed by atoms with Crippen LogP contribution in [0.5, 0.6) is 5.75 Å². The van der Waals surface area contributed by atoms with Crippen LogP contribution < -0.4 is 14.8 Å². The third-order valence-electron chi connectivity index (χ3n) is 9.62. The number of para-hydroxylation sites is 2. The molecule has 0 spiro atoms. The number of anilines is 3. The molecule has 1 aliphatic heterocycles. The van der Waals surface area contributed by atoms with Gasteiger partial charge in [-0.3, -0.25) is 4.72 Å². The summed E-state index contributed by atoms with van der Waals surface area (Å²) in [7, 11) is -3.47. The fourth-order valence-electron chi connectivity index (χ4n) is 7.64. The molecule has 2 N–H and O–H groups in total. The smallest absolute Gasteiger partial charge is 0.410 e. The summed E-state index contributed by atoms with van der Waals surface area (Å²) in [5, 5.41) is 3.49. The summed E-state index contributed by atoms with van der Waals surface area (Å²) >= 11 is 0.